The number of rotatable bonds is 6. The van der Waals surface area contributed by atoms with Crippen molar-refractivity contribution in [1.29, 1.82) is 0 Å². The summed E-state index contributed by atoms with van der Waals surface area (Å²) >= 11 is 7.29. The van der Waals surface area contributed by atoms with Gasteiger partial charge >= 0.3 is 0 Å². The first-order valence-corrected chi connectivity index (χ1v) is 9.60. The summed E-state index contributed by atoms with van der Waals surface area (Å²) in [6.45, 7) is 2.31. The number of halogens is 3. The molecule has 6 heteroatoms. The fourth-order valence-electron chi connectivity index (χ4n) is 2.85. The molecule has 140 valence electrons. The maximum Gasteiger partial charge on any atom is 0.147 e. The first kappa shape index (κ1) is 19.7. The number of nitrogens with two attached hydrogens (primary N) is 1. The van der Waals surface area contributed by atoms with E-state index in [4.69, 9.17) is 17.3 Å². The van der Waals surface area contributed by atoms with Crippen LogP contribution in [0.1, 0.15) is 24.1 Å². The second-order valence-corrected chi connectivity index (χ2v) is 7.53. The van der Waals surface area contributed by atoms with Crippen LogP contribution in [-0.4, -0.2) is 0 Å². The van der Waals surface area contributed by atoms with Crippen molar-refractivity contribution in [3.05, 3.63) is 94.5 Å². The predicted octanol–water partition coefficient (Wildman–Crippen LogP) is 6.35. The molecule has 0 bridgehead atoms. The normalized spacial score (nSPS) is 12.0. The zero-order valence-corrected chi connectivity index (χ0v) is 16.3. The average Bonchev–Trinajstić information content (AvgIpc) is 2.69. The molecule has 27 heavy (non-hydrogen) atoms. The molecule has 0 aliphatic carbocycles. The minimum atomic E-state index is -0.493. The van der Waals surface area contributed by atoms with Gasteiger partial charge in [-0.25, -0.2) is 8.78 Å². The summed E-state index contributed by atoms with van der Waals surface area (Å²) in [6.07, 6.45) is 0. The standard InChI is InChI=1S/C21H19ClF2N2S/c1-14(19-5-3-2-4-15(19)13-25)26(21-12-17(23)8-11-20(21)24)27-18-9-6-16(22)7-10-18/h2-12,14H,13,25H2,1H3. The second kappa shape index (κ2) is 8.74. The SMILES string of the molecule is CC(c1ccccc1CN)N(Sc1ccc(Cl)cc1)c1cc(F)ccc1F. The fraction of sp³-hybridized carbons (Fsp3) is 0.143. The third-order valence-corrected chi connectivity index (χ3v) is 5.68. The number of anilines is 1. The van der Waals surface area contributed by atoms with E-state index in [9.17, 15) is 8.78 Å². The topological polar surface area (TPSA) is 29.3 Å². The van der Waals surface area contributed by atoms with Crippen molar-refractivity contribution in [1.82, 2.24) is 0 Å². The lowest BCUT2D eigenvalue weighted by Gasteiger charge is -2.31. The van der Waals surface area contributed by atoms with Gasteiger partial charge in [0, 0.05) is 22.5 Å². The highest BCUT2D eigenvalue weighted by Gasteiger charge is 2.23. The monoisotopic (exact) mass is 404 g/mol. The van der Waals surface area contributed by atoms with Crippen LogP contribution in [0.25, 0.3) is 0 Å². The highest BCUT2D eigenvalue weighted by molar-refractivity contribution is 8.00. The van der Waals surface area contributed by atoms with E-state index in [1.807, 2.05) is 43.3 Å². The first-order valence-electron chi connectivity index (χ1n) is 8.45. The largest absolute Gasteiger partial charge is 0.326 e. The van der Waals surface area contributed by atoms with E-state index in [-0.39, 0.29) is 11.7 Å². The van der Waals surface area contributed by atoms with Gasteiger partial charge in [-0.3, -0.25) is 0 Å². The third-order valence-electron chi connectivity index (χ3n) is 4.24. The van der Waals surface area contributed by atoms with Gasteiger partial charge in [0.1, 0.15) is 11.6 Å². The average molecular weight is 405 g/mol. The molecule has 0 radical (unpaired) electrons. The molecule has 1 unspecified atom stereocenters. The molecule has 3 aromatic rings. The lowest BCUT2D eigenvalue weighted by molar-refractivity contribution is 0.596. The Morgan fingerprint density at radius 1 is 1.04 bits per heavy atom. The molecule has 1 atom stereocenters. The van der Waals surface area contributed by atoms with Crippen molar-refractivity contribution in [2.75, 3.05) is 4.31 Å². The Balaban J connectivity index is 2.06. The Kier molecular flexibility index (Phi) is 6.37. The van der Waals surface area contributed by atoms with Crippen LogP contribution < -0.4 is 10.0 Å². The highest BCUT2D eigenvalue weighted by atomic mass is 35.5. The van der Waals surface area contributed by atoms with E-state index in [0.717, 1.165) is 28.2 Å². The van der Waals surface area contributed by atoms with Crippen molar-refractivity contribution < 1.29 is 8.78 Å². The molecule has 0 saturated carbocycles. The molecule has 0 amide bonds. The smallest absolute Gasteiger partial charge is 0.147 e. The van der Waals surface area contributed by atoms with E-state index >= 15 is 0 Å². The first-order chi connectivity index (χ1) is 13.0. The molecule has 0 fully saturated rings. The van der Waals surface area contributed by atoms with Gasteiger partial charge in [-0.2, -0.15) is 0 Å². The fourth-order valence-corrected chi connectivity index (χ4v) is 3.98. The minimum Gasteiger partial charge on any atom is -0.326 e. The molecular weight excluding hydrogens is 386 g/mol. The van der Waals surface area contributed by atoms with Crippen LogP contribution in [-0.2, 0) is 6.54 Å². The number of hydrogen-bond acceptors (Lipinski definition) is 3. The zero-order valence-electron chi connectivity index (χ0n) is 14.7. The maximum absolute atomic E-state index is 14.6. The maximum atomic E-state index is 14.6. The zero-order chi connectivity index (χ0) is 19.4. The molecule has 0 aliphatic heterocycles. The van der Waals surface area contributed by atoms with Gasteiger partial charge in [0.2, 0.25) is 0 Å². The highest BCUT2D eigenvalue weighted by Crippen LogP contribution is 2.39. The van der Waals surface area contributed by atoms with Gasteiger partial charge in [-0.15, -0.1) is 0 Å². The second-order valence-electron chi connectivity index (χ2n) is 6.05. The summed E-state index contributed by atoms with van der Waals surface area (Å²) in [4.78, 5) is 0.861. The molecule has 0 saturated heterocycles. The quantitative estimate of drug-likeness (QED) is 0.485. The summed E-state index contributed by atoms with van der Waals surface area (Å²) in [6, 6.07) is 18.2. The Morgan fingerprint density at radius 2 is 1.74 bits per heavy atom. The summed E-state index contributed by atoms with van der Waals surface area (Å²) in [7, 11) is 0. The Morgan fingerprint density at radius 3 is 2.44 bits per heavy atom. The third kappa shape index (κ3) is 4.61. The van der Waals surface area contributed by atoms with E-state index in [1.54, 1.807) is 16.4 Å². The molecule has 2 nitrogen and oxygen atoms in total. The van der Waals surface area contributed by atoms with Crippen molar-refractivity contribution >= 4 is 29.2 Å². The van der Waals surface area contributed by atoms with Gasteiger partial charge in [0.05, 0.1) is 11.7 Å². The van der Waals surface area contributed by atoms with Crippen molar-refractivity contribution in [2.24, 2.45) is 5.73 Å². The number of benzene rings is 3. The van der Waals surface area contributed by atoms with Crippen LogP contribution >= 0.6 is 23.5 Å². The Bertz CT molecular complexity index is 918. The van der Waals surface area contributed by atoms with Crippen molar-refractivity contribution in [2.45, 2.75) is 24.4 Å². The molecule has 2 N–H and O–H groups in total. The number of hydrogen-bond donors (Lipinski definition) is 1. The van der Waals surface area contributed by atoms with Crippen LogP contribution in [0.4, 0.5) is 14.5 Å². The van der Waals surface area contributed by atoms with Gasteiger partial charge in [-0.1, -0.05) is 35.9 Å². The van der Waals surface area contributed by atoms with Gasteiger partial charge in [-0.05, 0) is 66.4 Å². The van der Waals surface area contributed by atoms with Crippen LogP contribution in [0.5, 0.6) is 0 Å². The van der Waals surface area contributed by atoms with Crippen LogP contribution in [0, 0.1) is 11.6 Å². The lowest BCUT2D eigenvalue weighted by atomic mass is 10.0. The molecular formula is C21H19ClF2N2S. The molecule has 3 aromatic carbocycles. The molecule has 3 rings (SSSR count). The summed E-state index contributed by atoms with van der Waals surface area (Å²) in [5.41, 5.74) is 7.98. The molecule has 0 spiro atoms. The van der Waals surface area contributed by atoms with Gasteiger partial charge in [0.15, 0.2) is 0 Å². The minimum absolute atomic E-state index is 0.175. The lowest BCUT2D eigenvalue weighted by Crippen LogP contribution is -2.22. The van der Waals surface area contributed by atoms with Crippen LogP contribution in [0.2, 0.25) is 5.02 Å². The van der Waals surface area contributed by atoms with Crippen LogP contribution in [0.15, 0.2) is 71.6 Å². The molecule has 0 aliphatic rings. The van der Waals surface area contributed by atoms with E-state index in [0.29, 0.717) is 11.6 Å². The predicted molar refractivity (Wildman–Crippen MR) is 109 cm³/mol. The summed E-state index contributed by atoms with van der Waals surface area (Å²) in [5.74, 6) is -0.984. The van der Waals surface area contributed by atoms with Gasteiger partial charge < -0.3 is 10.0 Å². The van der Waals surface area contributed by atoms with Gasteiger partial charge in [0.25, 0.3) is 0 Å². The van der Waals surface area contributed by atoms with Crippen molar-refractivity contribution in [3.63, 3.8) is 0 Å². The molecule has 0 aromatic heterocycles. The van der Waals surface area contributed by atoms with E-state index in [2.05, 4.69) is 0 Å². The van der Waals surface area contributed by atoms with Crippen LogP contribution in [0.3, 0.4) is 0 Å². The Labute approximate surface area is 167 Å². The summed E-state index contributed by atoms with van der Waals surface area (Å²) in [5, 5.41) is 0.615. The number of nitrogens with zero attached hydrogens (tertiary/aromatic N) is 1. The van der Waals surface area contributed by atoms with Crippen molar-refractivity contribution in [3.8, 4) is 0 Å². The Hall–Kier alpha value is -2.08. The van der Waals surface area contributed by atoms with E-state index < -0.39 is 11.6 Å². The molecule has 0 heterocycles. The van der Waals surface area contributed by atoms with E-state index in [1.165, 1.54) is 18.0 Å². The summed E-state index contributed by atoms with van der Waals surface area (Å²) < 4.78 is 30.2.